The third kappa shape index (κ3) is 7.61. The molecule has 30 heteroatoms. The standard InChI is InChI=1S/C13H7F21O6S3/c14-5(15,1-7(18,19)20)2-41(35,36)4(42(37,38)3-6(16,17)8(21,22)11(27,28)29)43(39,40)13(33,34)10(25,26)9(23,24)12(30,31)32/h4H,1-3H2. The highest BCUT2D eigenvalue weighted by molar-refractivity contribution is 8.24. The highest BCUT2D eigenvalue weighted by atomic mass is 32.3. The number of hydrogen-bond acceptors (Lipinski definition) is 6. The van der Waals surface area contributed by atoms with Crippen LogP contribution in [0.15, 0.2) is 0 Å². The number of alkyl halides is 21. The molecular weight excluding hydrogens is 747 g/mol. The van der Waals surface area contributed by atoms with Crippen LogP contribution in [0, 0.1) is 0 Å². The molecule has 0 N–H and O–H groups in total. The van der Waals surface area contributed by atoms with Crippen molar-refractivity contribution in [3.8, 4) is 0 Å². The van der Waals surface area contributed by atoms with E-state index in [2.05, 4.69) is 0 Å². The van der Waals surface area contributed by atoms with Gasteiger partial charge < -0.3 is 0 Å². The second-order valence-electron chi connectivity index (χ2n) is 8.04. The topological polar surface area (TPSA) is 102 Å². The molecule has 0 rings (SSSR count). The molecule has 0 radical (unpaired) electrons. The largest absolute Gasteiger partial charge is 0.460 e. The molecule has 0 saturated heterocycles. The Kier molecular flexibility index (Phi) is 10.3. The SMILES string of the molecule is O=S(=O)(CC(F)(F)CC(F)(F)F)C(S(=O)(=O)CC(F)(F)C(F)(F)C(F)(F)F)S(=O)(=O)C(F)(F)C(F)(F)C(F)(F)C(F)(F)F. The van der Waals surface area contributed by atoms with Crippen LogP contribution in [0.2, 0.25) is 0 Å². The summed E-state index contributed by atoms with van der Waals surface area (Å²) in [4.78, 5) is 0. The molecule has 0 aliphatic rings. The molecule has 0 aromatic heterocycles. The van der Waals surface area contributed by atoms with Crippen molar-refractivity contribution in [1.29, 1.82) is 0 Å². The fourth-order valence-electron chi connectivity index (χ4n) is 2.60. The maximum Gasteiger partial charge on any atom is 0.460 e. The van der Waals surface area contributed by atoms with Crippen LogP contribution in [0.4, 0.5) is 92.2 Å². The molecule has 43 heavy (non-hydrogen) atoms. The van der Waals surface area contributed by atoms with Crippen LogP contribution < -0.4 is 0 Å². The highest BCUT2D eigenvalue weighted by Gasteiger charge is 2.87. The van der Waals surface area contributed by atoms with Crippen LogP contribution >= 0.6 is 0 Å². The number of rotatable bonds is 12. The van der Waals surface area contributed by atoms with Crippen molar-refractivity contribution in [2.24, 2.45) is 0 Å². The van der Waals surface area contributed by atoms with Gasteiger partial charge in [-0.05, 0) is 0 Å². The zero-order chi connectivity index (χ0) is 35.7. The summed E-state index contributed by atoms with van der Waals surface area (Å²) in [7, 11) is -26.0. The van der Waals surface area contributed by atoms with Gasteiger partial charge in [-0.3, -0.25) is 0 Å². The molecule has 1 unspecified atom stereocenters. The third-order valence-corrected chi connectivity index (χ3v) is 13.7. The summed E-state index contributed by atoms with van der Waals surface area (Å²) in [6.45, 7) is 0. The second-order valence-corrected chi connectivity index (χ2v) is 15.2. The first-order valence-corrected chi connectivity index (χ1v) is 14.1. The van der Waals surface area contributed by atoms with Crippen LogP contribution in [0.5, 0.6) is 0 Å². The smallest absolute Gasteiger partial charge is 0.226 e. The van der Waals surface area contributed by atoms with Gasteiger partial charge in [-0.1, -0.05) is 0 Å². The summed E-state index contributed by atoms with van der Waals surface area (Å²) in [6, 6.07) is 0. The summed E-state index contributed by atoms with van der Waals surface area (Å²) in [6.07, 6.45) is -25.9. The van der Waals surface area contributed by atoms with E-state index in [4.69, 9.17) is 0 Å². The Labute approximate surface area is 222 Å². The van der Waals surface area contributed by atoms with E-state index in [1.54, 1.807) is 0 Å². The molecule has 0 fully saturated rings. The minimum Gasteiger partial charge on any atom is -0.226 e. The Morgan fingerprint density at radius 3 is 1.07 bits per heavy atom. The molecule has 0 saturated carbocycles. The van der Waals surface area contributed by atoms with E-state index in [0.29, 0.717) is 0 Å². The second kappa shape index (κ2) is 10.7. The molecule has 0 aliphatic carbocycles. The minimum absolute atomic E-state index is 3.88. The quantitative estimate of drug-likeness (QED) is 0.249. The minimum atomic E-state index is -9.40. The van der Waals surface area contributed by atoms with E-state index >= 15 is 0 Å². The zero-order valence-electron chi connectivity index (χ0n) is 18.8. The van der Waals surface area contributed by atoms with Crippen molar-refractivity contribution >= 4 is 29.5 Å². The molecule has 0 aliphatic heterocycles. The van der Waals surface area contributed by atoms with Crippen molar-refractivity contribution in [2.75, 3.05) is 11.5 Å². The number of hydrogen-bond donors (Lipinski definition) is 0. The van der Waals surface area contributed by atoms with Gasteiger partial charge in [0.15, 0.2) is 19.7 Å². The van der Waals surface area contributed by atoms with Crippen molar-refractivity contribution in [2.45, 2.75) is 63.7 Å². The molecule has 0 aromatic carbocycles. The van der Waals surface area contributed by atoms with Crippen LogP contribution in [-0.4, -0.2) is 94.1 Å². The average molecular weight is 754 g/mol. The maximum absolute atomic E-state index is 14.1. The molecule has 0 amide bonds. The molecule has 0 aromatic rings. The summed E-state index contributed by atoms with van der Waals surface area (Å²) in [5.41, 5.74) is 0. The van der Waals surface area contributed by atoms with E-state index in [1.165, 1.54) is 0 Å². The monoisotopic (exact) mass is 754 g/mol. The van der Waals surface area contributed by atoms with Crippen LogP contribution in [0.25, 0.3) is 0 Å². The third-order valence-electron chi connectivity index (χ3n) is 4.38. The van der Waals surface area contributed by atoms with Crippen molar-refractivity contribution < 1.29 is 117 Å². The predicted octanol–water partition coefficient (Wildman–Crippen LogP) is 5.36. The first-order valence-electron chi connectivity index (χ1n) is 9.12. The molecule has 6 nitrogen and oxygen atoms in total. The first-order chi connectivity index (χ1) is 18.0. The van der Waals surface area contributed by atoms with E-state index in [9.17, 15) is 117 Å². The lowest BCUT2D eigenvalue weighted by Crippen LogP contribution is -2.66. The number of sulfone groups is 3. The van der Waals surface area contributed by atoms with Gasteiger partial charge in [0.05, 0.1) is 0 Å². The predicted molar refractivity (Wildman–Crippen MR) is 92.7 cm³/mol. The van der Waals surface area contributed by atoms with Crippen molar-refractivity contribution in [3.05, 3.63) is 0 Å². The van der Waals surface area contributed by atoms with Gasteiger partial charge in [-0.2, -0.15) is 83.4 Å². The van der Waals surface area contributed by atoms with Gasteiger partial charge in [0.2, 0.25) is 0 Å². The Morgan fingerprint density at radius 1 is 0.442 bits per heavy atom. The fourth-order valence-corrected chi connectivity index (χ4v) is 11.4. The van der Waals surface area contributed by atoms with Gasteiger partial charge in [0.25, 0.3) is 19.7 Å². The van der Waals surface area contributed by atoms with Crippen molar-refractivity contribution in [1.82, 2.24) is 0 Å². The van der Waals surface area contributed by atoms with Gasteiger partial charge in [0.1, 0.15) is 17.9 Å². The maximum atomic E-state index is 14.1. The van der Waals surface area contributed by atoms with Crippen LogP contribution in [0.3, 0.4) is 0 Å². The normalized spacial score (nSPS) is 17.2. The average Bonchev–Trinajstić information content (AvgIpc) is 2.60. The molecule has 0 spiro atoms. The summed E-state index contributed by atoms with van der Waals surface area (Å²) < 4.78 is 338. The van der Waals surface area contributed by atoms with Gasteiger partial charge in [0, 0.05) is 0 Å². The molecule has 0 bridgehead atoms. The van der Waals surface area contributed by atoms with E-state index in [-0.39, 0.29) is 0 Å². The zero-order valence-corrected chi connectivity index (χ0v) is 21.3. The van der Waals surface area contributed by atoms with Gasteiger partial charge in [-0.15, -0.1) is 0 Å². The van der Waals surface area contributed by atoms with E-state index in [0.717, 1.165) is 0 Å². The molecule has 1 atom stereocenters. The highest BCUT2D eigenvalue weighted by Crippen LogP contribution is 2.56. The fraction of sp³-hybridized carbons (Fsp3) is 1.00. The number of halogens is 21. The Hall–Kier alpha value is -1.62. The molecular formula is C13H7F21O6S3. The Morgan fingerprint density at radius 2 is 0.767 bits per heavy atom. The lowest BCUT2D eigenvalue weighted by atomic mass is 10.1. The van der Waals surface area contributed by atoms with Gasteiger partial charge in [-0.25, -0.2) is 34.0 Å². The lowest BCUT2D eigenvalue weighted by Gasteiger charge is -2.35. The van der Waals surface area contributed by atoms with E-state index < -0.39 is 105 Å². The van der Waals surface area contributed by atoms with Crippen LogP contribution in [0.1, 0.15) is 6.42 Å². The van der Waals surface area contributed by atoms with Gasteiger partial charge >= 0.3 is 47.5 Å². The van der Waals surface area contributed by atoms with Crippen molar-refractivity contribution in [3.63, 3.8) is 0 Å². The molecule has 0 heterocycles. The summed E-state index contributed by atoms with van der Waals surface area (Å²) in [5.74, 6) is -47.8. The van der Waals surface area contributed by atoms with Crippen LogP contribution in [-0.2, 0) is 29.5 Å². The van der Waals surface area contributed by atoms with E-state index in [1.807, 2.05) is 0 Å². The Balaban J connectivity index is 7.82. The first kappa shape index (κ1) is 41.4. The summed E-state index contributed by atoms with van der Waals surface area (Å²) >= 11 is 0. The molecule has 260 valence electrons. The summed E-state index contributed by atoms with van der Waals surface area (Å²) in [5, 5.41) is -8.65. The Bertz CT molecular complexity index is 1350. The lowest BCUT2D eigenvalue weighted by molar-refractivity contribution is -0.382.